The first-order valence-corrected chi connectivity index (χ1v) is 12.4. The summed E-state index contributed by atoms with van der Waals surface area (Å²) in [4.78, 5) is 26.2. The van der Waals surface area contributed by atoms with Gasteiger partial charge >= 0.3 is 0 Å². The summed E-state index contributed by atoms with van der Waals surface area (Å²) in [7, 11) is -3.33. The molecule has 9 heteroatoms. The van der Waals surface area contributed by atoms with Gasteiger partial charge in [-0.25, -0.2) is 8.42 Å². The molecule has 2 amide bonds. The van der Waals surface area contributed by atoms with E-state index in [1.54, 1.807) is 61.5 Å². The number of carbonyl (C=O) groups excluding carboxylic acids is 2. The number of fused-ring (bicyclic) bond motifs is 1. The molecule has 0 bridgehead atoms. The van der Waals surface area contributed by atoms with Crippen molar-refractivity contribution in [2.24, 2.45) is 0 Å². The first-order valence-electron chi connectivity index (χ1n) is 9.55. The molecule has 0 radical (unpaired) electrons. The number of hydrogen-bond acceptors (Lipinski definition) is 5. The van der Waals surface area contributed by atoms with Gasteiger partial charge in [0.1, 0.15) is 0 Å². The minimum Gasteiger partial charge on any atom is -0.344 e. The minimum absolute atomic E-state index is 0.0163. The van der Waals surface area contributed by atoms with Gasteiger partial charge in [0.05, 0.1) is 37.2 Å². The summed E-state index contributed by atoms with van der Waals surface area (Å²) >= 11 is 7.24. The Kier molecular flexibility index (Phi) is 5.88. The van der Waals surface area contributed by atoms with Crippen molar-refractivity contribution in [3.63, 3.8) is 0 Å². The Hall–Kier alpha value is -2.68. The van der Waals surface area contributed by atoms with Gasteiger partial charge in [0.2, 0.25) is 0 Å². The molecule has 0 aliphatic carbocycles. The Morgan fingerprint density at radius 2 is 1.77 bits per heavy atom. The lowest BCUT2D eigenvalue weighted by Gasteiger charge is -2.26. The van der Waals surface area contributed by atoms with Crippen molar-refractivity contribution < 1.29 is 18.0 Å². The highest BCUT2D eigenvalue weighted by molar-refractivity contribution is 7.91. The fourth-order valence-electron chi connectivity index (χ4n) is 3.56. The van der Waals surface area contributed by atoms with Gasteiger partial charge < -0.3 is 10.6 Å². The van der Waals surface area contributed by atoms with Crippen molar-refractivity contribution in [1.29, 1.82) is 0 Å². The van der Waals surface area contributed by atoms with Crippen LogP contribution in [0.2, 0.25) is 5.02 Å². The highest BCUT2D eigenvalue weighted by atomic mass is 35.5. The van der Waals surface area contributed by atoms with E-state index in [2.05, 4.69) is 10.6 Å². The van der Waals surface area contributed by atoms with Crippen LogP contribution in [0.15, 0.2) is 59.5 Å². The number of amides is 2. The molecule has 0 spiro atoms. The monoisotopic (exact) mass is 474 g/mol. The van der Waals surface area contributed by atoms with E-state index < -0.39 is 15.9 Å². The van der Waals surface area contributed by atoms with E-state index in [1.807, 2.05) is 0 Å². The number of aryl methyl sites for hydroxylation is 1. The standard InChI is InChI=1S/C22H19ClN2O4S2/c1-13-12-19(25-21(26)14-6-2-4-8-16(14)23)30-20(13)22(27)24-17-10-11-31(28,29)18-9-5-3-7-15(17)18/h2-9,12,17H,10-11H2,1H3,(H,24,27)(H,25,26). The molecule has 4 rings (SSSR count). The van der Waals surface area contributed by atoms with Gasteiger partial charge in [0.15, 0.2) is 9.84 Å². The largest absolute Gasteiger partial charge is 0.344 e. The van der Waals surface area contributed by atoms with Crippen LogP contribution in [0.4, 0.5) is 5.00 Å². The molecule has 2 aromatic carbocycles. The van der Waals surface area contributed by atoms with E-state index in [4.69, 9.17) is 11.6 Å². The smallest absolute Gasteiger partial charge is 0.262 e. The van der Waals surface area contributed by atoms with E-state index in [0.29, 0.717) is 38.0 Å². The molecule has 31 heavy (non-hydrogen) atoms. The highest BCUT2D eigenvalue weighted by Crippen LogP contribution is 2.33. The average molecular weight is 475 g/mol. The number of hydrogen-bond donors (Lipinski definition) is 2. The minimum atomic E-state index is -3.33. The molecule has 1 aromatic heterocycles. The molecular weight excluding hydrogens is 456 g/mol. The van der Waals surface area contributed by atoms with Gasteiger partial charge in [0, 0.05) is 0 Å². The Balaban J connectivity index is 1.52. The fraction of sp³-hybridized carbons (Fsp3) is 0.182. The van der Waals surface area contributed by atoms with Crippen molar-refractivity contribution in [1.82, 2.24) is 5.32 Å². The lowest BCUT2D eigenvalue weighted by Crippen LogP contribution is -2.33. The maximum absolute atomic E-state index is 12.9. The van der Waals surface area contributed by atoms with Crippen LogP contribution in [-0.4, -0.2) is 26.0 Å². The molecule has 0 saturated heterocycles. The first-order chi connectivity index (χ1) is 14.8. The Bertz CT molecular complexity index is 1280. The molecule has 2 heterocycles. The van der Waals surface area contributed by atoms with Gasteiger partial charge in [-0.3, -0.25) is 9.59 Å². The second kappa shape index (κ2) is 8.45. The summed E-state index contributed by atoms with van der Waals surface area (Å²) in [6, 6.07) is 14.8. The third-order valence-corrected chi connectivity index (χ3v) is 8.39. The number of benzene rings is 2. The van der Waals surface area contributed by atoms with Crippen LogP contribution in [-0.2, 0) is 9.84 Å². The maximum Gasteiger partial charge on any atom is 0.262 e. The van der Waals surface area contributed by atoms with Crippen LogP contribution in [0.25, 0.3) is 0 Å². The van der Waals surface area contributed by atoms with E-state index in [1.165, 1.54) is 0 Å². The topological polar surface area (TPSA) is 92.3 Å². The van der Waals surface area contributed by atoms with Gasteiger partial charge in [-0.05, 0) is 48.7 Å². The summed E-state index contributed by atoms with van der Waals surface area (Å²) in [5.74, 6) is -0.678. The number of thiophene rings is 1. The van der Waals surface area contributed by atoms with Crippen molar-refractivity contribution in [2.75, 3.05) is 11.1 Å². The van der Waals surface area contributed by atoms with Crippen LogP contribution < -0.4 is 10.6 Å². The second-order valence-corrected chi connectivity index (χ2v) is 10.8. The van der Waals surface area contributed by atoms with Gasteiger partial charge in [-0.1, -0.05) is 41.9 Å². The van der Waals surface area contributed by atoms with Crippen LogP contribution in [0.1, 0.15) is 43.6 Å². The Morgan fingerprint density at radius 3 is 2.55 bits per heavy atom. The molecule has 3 aromatic rings. The van der Waals surface area contributed by atoms with Crippen LogP contribution in [0.3, 0.4) is 0 Å². The summed E-state index contributed by atoms with van der Waals surface area (Å²) < 4.78 is 24.6. The molecule has 1 atom stereocenters. The van der Waals surface area contributed by atoms with Gasteiger partial charge in [-0.15, -0.1) is 11.3 Å². The molecule has 1 aliphatic heterocycles. The number of carbonyl (C=O) groups is 2. The second-order valence-electron chi connectivity index (χ2n) is 7.23. The predicted molar refractivity (Wildman–Crippen MR) is 122 cm³/mol. The number of rotatable bonds is 4. The third kappa shape index (κ3) is 4.37. The van der Waals surface area contributed by atoms with Crippen molar-refractivity contribution in [2.45, 2.75) is 24.3 Å². The third-order valence-electron chi connectivity index (χ3n) is 5.09. The molecule has 0 fully saturated rings. The predicted octanol–water partition coefficient (Wildman–Crippen LogP) is 4.61. The van der Waals surface area contributed by atoms with Crippen molar-refractivity contribution in [3.05, 3.63) is 81.2 Å². The zero-order valence-electron chi connectivity index (χ0n) is 16.5. The molecular formula is C22H19ClN2O4S2. The molecule has 0 saturated carbocycles. The molecule has 2 N–H and O–H groups in total. The van der Waals surface area contributed by atoms with E-state index in [-0.39, 0.29) is 22.5 Å². The SMILES string of the molecule is Cc1cc(NC(=O)c2ccccc2Cl)sc1C(=O)NC1CCS(=O)(=O)c2ccccc21. The number of nitrogens with one attached hydrogen (secondary N) is 2. The van der Waals surface area contributed by atoms with E-state index >= 15 is 0 Å². The lowest BCUT2D eigenvalue weighted by atomic mass is 10.0. The molecule has 6 nitrogen and oxygen atoms in total. The molecule has 1 aliphatic rings. The van der Waals surface area contributed by atoms with Crippen molar-refractivity contribution >= 4 is 49.6 Å². The first kappa shape index (κ1) is 21.5. The summed E-state index contributed by atoms with van der Waals surface area (Å²) in [6.07, 6.45) is 0.311. The van der Waals surface area contributed by atoms with Gasteiger partial charge in [-0.2, -0.15) is 0 Å². The highest BCUT2D eigenvalue weighted by Gasteiger charge is 2.31. The quantitative estimate of drug-likeness (QED) is 0.577. The lowest BCUT2D eigenvalue weighted by molar-refractivity contribution is 0.0937. The summed E-state index contributed by atoms with van der Waals surface area (Å²) in [5.41, 5.74) is 1.67. The summed E-state index contributed by atoms with van der Waals surface area (Å²) in [6.45, 7) is 1.79. The number of anilines is 1. The van der Waals surface area contributed by atoms with Crippen molar-refractivity contribution in [3.8, 4) is 0 Å². The zero-order valence-corrected chi connectivity index (χ0v) is 18.9. The Labute approximate surface area is 189 Å². The number of sulfone groups is 1. The van der Waals surface area contributed by atoms with Crippen LogP contribution in [0, 0.1) is 6.92 Å². The average Bonchev–Trinajstić information content (AvgIpc) is 3.10. The van der Waals surface area contributed by atoms with Crippen LogP contribution in [0.5, 0.6) is 0 Å². The zero-order chi connectivity index (χ0) is 22.2. The maximum atomic E-state index is 12.9. The Morgan fingerprint density at radius 1 is 1.06 bits per heavy atom. The van der Waals surface area contributed by atoms with E-state index in [9.17, 15) is 18.0 Å². The molecule has 1 unspecified atom stereocenters. The van der Waals surface area contributed by atoms with Gasteiger partial charge in [0.25, 0.3) is 11.8 Å². The number of halogens is 1. The fourth-order valence-corrected chi connectivity index (χ4v) is 6.37. The van der Waals surface area contributed by atoms with E-state index in [0.717, 1.165) is 11.3 Å². The van der Waals surface area contributed by atoms with Crippen LogP contribution >= 0.6 is 22.9 Å². The normalized spacial score (nSPS) is 16.9. The summed E-state index contributed by atoms with van der Waals surface area (Å²) in [5, 5.41) is 6.60. The molecule has 160 valence electrons.